The maximum atomic E-state index is 12.3. The fraction of sp³-hybridized carbons (Fsp3) is 0.250. The highest BCUT2D eigenvalue weighted by atomic mass is 16.5. The minimum atomic E-state index is -0.629. The number of benzene rings is 2. The molecule has 0 fully saturated rings. The van der Waals surface area contributed by atoms with Crippen molar-refractivity contribution >= 4 is 17.8 Å². The third kappa shape index (κ3) is 4.69. The fourth-order valence-electron chi connectivity index (χ4n) is 2.34. The topological polar surface area (TPSA) is 72.9 Å². The average Bonchev–Trinajstić information content (AvgIpc) is 2.70. The molecule has 0 aliphatic rings. The van der Waals surface area contributed by atoms with Crippen molar-refractivity contribution in [3.8, 4) is 0 Å². The van der Waals surface area contributed by atoms with Gasteiger partial charge in [-0.15, -0.1) is 0 Å². The smallest absolute Gasteiger partial charge is 0.338 e. The summed E-state index contributed by atoms with van der Waals surface area (Å²) < 4.78 is 9.67. The monoisotopic (exact) mass is 355 g/mol. The molecule has 0 aliphatic carbocycles. The maximum Gasteiger partial charge on any atom is 0.338 e. The molecule has 1 unspecified atom stereocenters. The summed E-state index contributed by atoms with van der Waals surface area (Å²) in [4.78, 5) is 37.2. The van der Waals surface area contributed by atoms with Gasteiger partial charge in [0.25, 0.3) is 5.91 Å². The SMILES string of the molecule is COC(=O)c1ccc(C(=O)OCC(=O)N(C)C(C)c2ccccc2)cc1. The Morgan fingerprint density at radius 2 is 1.46 bits per heavy atom. The van der Waals surface area contributed by atoms with Crippen molar-refractivity contribution in [3.63, 3.8) is 0 Å². The zero-order valence-electron chi connectivity index (χ0n) is 15.0. The molecule has 1 atom stereocenters. The van der Waals surface area contributed by atoms with Crippen molar-refractivity contribution in [2.45, 2.75) is 13.0 Å². The maximum absolute atomic E-state index is 12.3. The predicted molar refractivity (Wildman–Crippen MR) is 95.7 cm³/mol. The fourth-order valence-corrected chi connectivity index (χ4v) is 2.34. The highest BCUT2D eigenvalue weighted by molar-refractivity contribution is 5.94. The van der Waals surface area contributed by atoms with Crippen LogP contribution in [-0.4, -0.2) is 43.5 Å². The van der Waals surface area contributed by atoms with Crippen molar-refractivity contribution < 1.29 is 23.9 Å². The van der Waals surface area contributed by atoms with Crippen LogP contribution in [0.5, 0.6) is 0 Å². The van der Waals surface area contributed by atoms with Crippen LogP contribution in [0.1, 0.15) is 39.2 Å². The van der Waals surface area contributed by atoms with E-state index in [1.165, 1.54) is 36.3 Å². The predicted octanol–water partition coefficient (Wildman–Crippen LogP) is 2.85. The number of amides is 1. The lowest BCUT2D eigenvalue weighted by molar-refractivity contribution is -0.135. The summed E-state index contributed by atoms with van der Waals surface area (Å²) in [6, 6.07) is 15.3. The van der Waals surface area contributed by atoms with Gasteiger partial charge in [-0.3, -0.25) is 4.79 Å². The van der Waals surface area contributed by atoms with Crippen molar-refractivity contribution in [2.24, 2.45) is 0 Å². The largest absolute Gasteiger partial charge is 0.465 e. The average molecular weight is 355 g/mol. The highest BCUT2D eigenvalue weighted by Crippen LogP contribution is 2.18. The Bertz CT molecular complexity index is 771. The van der Waals surface area contributed by atoms with E-state index < -0.39 is 11.9 Å². The van der Waals surface area contributed by atoms with Crippen LogP contribution in [0.15, 0.2) is 54.6 Å². The zero-order chi connectivity index (χ0) is 19.1. The van der Waals surface area contributed by atoms with Gasteiger partial charge in [0.05, 0.1) is 24.3 Å². The van der Waals surface area contributed by atoms with E-state index in [0.717, 1.165) is 5.56 Å². The molecule has 1 amide bonds. The summed E-state index contributed by atoms with van der Waals surface area (Å²) in [6.45, 7) is 1.55. The summed E-state index contributed by atoms with van der Waals surface area (Å²) in [5, 5.41) is 0. The molecule has 2 aromatic carbocycles. The van der Waals surface area contributed by atoms with Crippen LogP contribution >= 0.6 is 0 Å². The molecule has 0 aromatic heterocycles. The van der Waals surface area contributed by atoms with E-state index in [9.17, 15) is 14.4 Å². The van der Waals surface area contributed by atoms with Crippen LogP contribution in [0.3, 0.4) is 0 Å². The molecule has 0 saturated heterocycles. The Balaban J connectivity index is 1.92. The molecule has 6 heteroatoms. The van der Waals surface area contributed by atoms with Crippen molar-refractivity contribution in [2.75, 3.05) is 20.8 Å². The van der Waals surface area contributed by atoms with E-state index in [1.807, 2.05) is 37.3 Å². The molecule has 0 saturated carbocycles. The van der Waals surface area contributed by atoms with Gasteiger partial charge in [-0.1, -0.05) is 30.3 Å². The number of hydrogen-bond acceptors (Lipinski definition) is 5. The standard InChI is InChI=1S/C20H21NO5/c1-14(15-7-5-4-6-8-15)21(2)18(22)13-26-20(24)17-11-9-16(10-12-17)19(23)25-3/h4-12,14H,13H2,1-3H3. The molecule has 136 valence electrons. The van der Waals surface area contributed by atoms with Gasteiger partial charge in [-0.2, -0.15) is 0 Å². The Kier molecular flexibility index (Phi) is 6.49. The Morgan fingerprint density at radius 1 is 0.923 bits per heavy atom. The third-order valence-corrected chi connectivity index (χ3v) is 4.12. The van der Waals surface area contributed by atoms with Gasteiger partial charge in [0.15, 0.2) is 6.61 Å². The Morgan fingerprint density at radius 3 is 2.00 bits per heavy atom. The number of carbonyl (C=O) groups is 3. The lowest BCUT2D eigenvalue weighted by atomic mass is 10.1. The Hall–Kier alpha value is -3.15. The second-order valence-electron chi connectivity index (χ2n) is 5.74. The highest BCUT2D eigenvalue weighted by Gasteiger charge is 2.19. The van der Waals surface area contributed by atoms with E-state index in [0.29, 0.717) is 5.56 Å². The number of ether oxygens (including phenoxy) is 2. The van der Waals surface area contributed by atoms with Crippen LogP contribution in [0, 0.1) is 0 Å². The molecule has 26 heavy (non-hydrogen) atoms. The number of esters is 2. The number of rotatable bonds is 6. The third-order valence-electron chi connectivity index (χ3n) is 4.12. The van der Waals surface area contributed by atoms with E-state index in [1.54, 1.807) is 7.05 Å². The number of hydrogen-bond donors (Lipinski definition) is 0. The van der Waals surface area contributed by atoms with Crippen LogP contribution in [-0.2, 0) is 14.3 Å². The van der Waals surface area contributed by atoms with Crippen LogP contribution < -0.4 is 0 Å². The van der Waals surface area contributed by atoms with Crippen LogP contribution in [0.25, 0.3) is 0 Å². The lowest BCUT2D eigenvalue weighted by Crippen LogP contribution is -2.33. The second-order valence-corrected chi connectivity index (χ2v) is 5.74. The van der Waals surface area contributed by atoms with Crippen LogP contribution in [0.4, 0.5) is 0 Å². The molecule has 0 spiro atoms. The molecular formula is C20H21NO5. The van der Waals surface area contributed by atoms with E-state index in [2.05, 4.69) is 4.74 Å². The number of likely N-dealkylation sites (N-methyl/N-ethyl adjacent to an activating group) is 1. The van der Waals surface area contributed by atoms with Gasteiger partial charge in [0.2, 0.25) is 0 Å². The van der Waals surface area contributed by atoms with Gasteiger partial charge in [0.1, 0.15) is 0 Å². The normalized spacial score (nSPS) is 11.3. The van der Waals surface area contributed by atoms with Gasteiger partial charge < -0.3 is 14.4 Å². The number of carbonyl (C=O) groups excluding carboxylic acids is 3. The van der Waals surface area contributed by atoms with E-state index in [4.69, 9.17) is 4.74 Å². The van der Waals surface area contributed by atoms with E-state index >= 15 is 0 Å². The first-order chi connectivity index (χ1) is 12.4. The lowest BCUT2D eigenvalue weighted by Gasteiger charge is -2.25. The zero-order valence-corrected chi connectivity index (χ0v) is 15.0. The summed E-state index contributed by atoms with van der Waals surface area (Å²) in [6.07, 6.45) is 0. The molecule has 0 aliphatic heterocycles. The molecule has 0 heterocycles. The molecule has 2 rings (SSSR count). The summed E-state index contributed by atoms with van der Waals surface area (Å²) in [5.74, 6) is -1.42. The van der Waals surface area contributed by atoms with Gasteiger partial charge in [0, 0.05) is 7.05 Å². The summed E-state index contributed by atoms with van der Waals surface area (Å²) in [7, 11) is 2.95. The first kappa shape index (κ1) is 19.2. The number of nitrogens with zero attached hydrogens (tertiary/aromatic N) is 1. The molecule has 0 N–H and O–H groups in total. The van der Waals surface area contributed by atoms with Crippen molar-refractivity contribution in [1.82, 2.24) is 4.90 Å². The van der Waals surface area contributed by atoms with Gasteiger partial charge >= 0.3 is 11.9 Å². The van der Waals surface area contributed by atoms with E-state index in [-0.39, 0.29) is 24.1 Å². The first-order valence-corrected chi connectivity index (χ1v) is 8.10. The quantitative estimate of drug-likeness (QED) is 0.745. The van der Waals surface area contributed by atoms with Crippen LogP contribution in [0.2, 0.25) is 0 Å². The number of methoxy groups -OCH3 is 1. The molecule has 0 bridgehead atoms. The van der Waals surface area contributed by atoms with Gasteiger partial charge in [-0.25, -0.2) is 9.59 Å². The Labute approximate surface area is 152 Å². The summed E-state index contributed by atoms with van der Waals surface area (Å²) >= 11 is 0. The molecular weight excluding hydrogens is 334 g/mol. The second kappa shape index (κ2) is 8.80. The molecule has 2 aromatic rings. The minimum absolute atomic E-state index is 0.137. The van der Waals surface area contributed by atoms with Crippen molar-refractivity contribution in [1.29, 1.82) is 0 Å². The molecule has 0 radical (unpaired) electrons. The summed E-state index contributed by atoms with van der Waals surface area (Å²) in [5.41, 5.74) is 1.58. The first-order valence-electron chi connectivity index (χ1n) is 8.10. The van der Waals surface area contributed by atoms with Crippen molar-refractivity contribution in [3.05, 3.63) is 71.3 Å². The molecule has 6 nitrogen and oxygen atoms in total. The minimum Gasteiger partial charge on any atom is -0.465 e. The van der Waals surface area contributed by atoms with Gasteiger partial charge in [-0.05, 0) is 36.8 Å².